The number of fused-ring (bicyclic) bond motifs is 1. The summed E-state index contributed by atoms with van der Waals surface area (Å²) in [5.41, 5.74) is 4.16. The number of benzene rings is 2. The molecule has 2 aromatic rings. The summed E-state index contributed by atoms with van der Waals surface area (Å²) in [6.45, 7) is 3.81. The fourth-order valence-corrected chi connectivity index (χ4v) is 4.12. The molecule has 140 valence electrons. The molecular weight excluding hydrogens is 338 g/mol. The highest BCUT2D eigenvalue weighted by molar-refractivity contribution is 5.98. The molecule has 0 aliphatic carbocycles. The van der Waals surface area contributed by atoms with Crippen molar-refractivity contribution in [1.82, 2.24) is 4.90 Å². The summed E-state index contributed by atoms with van der Waals surface area (Å²) < 4.78 is 0. The molecule has 0 aromatic heterocycles. The second-order valence-electron chi connectivity index (χ2n) is 7.41. The van der Waals surface area contributed by atoms with E-state index in [-0.39, 0.29) is 17.9 Å². The fraction of sp³-hybridized carbons (Fsp3) is 0.364. The van der Waals surface area contributed by atoms with Crippen LogP contribution in [0.15, 0.2) is 48.5 Å². The highest BCUT2D eigenvalue weighted by Gasteiger charge is 2.34. The molecule has 4 rings (SSSR count). The van der Waals surface area contributed by atoms with Gasteiger partial charge >= 0.3 is 0 Å². The van der Waals surface area contributed by atoms with Crippen LogP contribution in [0.2, 0.25) is 0 Å². The van der Waals surface area contributed by atoms with E-state index in [1.165, 1.54) is 5.56 Å². The smallest absolute Gasteiger partial charge is 0.241 e. The fourth-order valence-electron chi connectivity index (χ4n) is 4.12. The number of aryl methyl sites for hydroxylation is 1. The molecule has 1 saturated heterocycles. The van der Waals surface area contributed by atoms with Crippen LogP contribution < -0.4 is 10.2 Å². The van der Waals surface area contributed by atoms with Crippen molar-refractivity contribution in [3.8, 4) is 0 Å². The van der Waals surface area contributed by atoms with Gasteiger partial charge in [-0.05, 0) is 62.1 Å². The number of carbonyl (C=O) groups excluding carboxylic acids is 2. The number of carbonyl (C=O) groups is 2. The van der Waals surface area contributed by atoms with Crippen LogP contribution in [0.4, 0.5) is 11.4 Å². The van der Waals surface area contributed by atoms with Crippen molar-refractivity contribution in [3.63, 3.8) is 0 Å². The number of nitrogens with zero attached hydrogens (tertiary/aromatic N) is 2. The Morgan fingerprint density at radius 2 is 1.96 bits per heavy atom. The first-order chi connectivity index (χ1) is 13.1. The van der Waals surface area contributed by atoms with E-state index < -0.39 is 0 Å². The van der Waals surface area contributed by atoms with Crippen LogP contribution in [0.5, 0.6) is 0 Å². The molecule has 1 fully saturated rings. The van der Waals surface area contributed by atoms with Gasteiger partial charge in [0.25, 0.3) is 0 Å². The average Bonchev–Trinajstić information content (AvgIpc) is 3.28. The maximum atomic E-state index is 12.9. The Balaban J connectivity index is 1.41. The van der Waals surface area contributed by atoms with E-state index in [4.69, 9.17) is 0 Å². The summed E-state index contributed by atoms with van der Waals surface area (Å²) in [6.07, 6.45) is 2.64. The number of anilines is 2. The van der Waals surface area contributed by atoms with Gasteiger partial charge in [-0.3, -0.25) is 14.5 Å². The van der Waals surface area contributed by atoms with Gasteiger partial charge in [-0.25, -0.2) is 0 Å². The number of para-hydroxylation sites is 1. The number of amides is 2. The lowest BCUT2D eigenvalue weighted by Crippen LogP contribution is -2.46. The Hall–Kier alpha value is -2.66. The van der Waals surface area contributed by atoms with E-state index in [9.17, 15) is 9.59 Å². The minimum absolute atomic E-state index is 0.0206. The Labute approximate surface area is 160 Å². The third-order valence-corrected chi connectivity index (χ3v) is 5.48. The van der Waals surface area contributed by atoms with Gasteiger partial charge in [-0.1, -0.05) is 30.3 Å². The second kappa shape index (κ2) is 7.53. The molecule has 0 saturated carbocycles. The Morgan fingerprint density at radius 3 is 2.81 bits per heavy atom. The molecular formula is C22H25N3O2. The maximum Gasteiger partial charge on any atom is 0.241 e. The van der Waals surface area contributed by atoms with Crippen molar-refractivity contribution < 1.29 is 9.59 Å². The summed E-state index contributed by atoms with van der Waals surface area (Å²) in [6, 6.07) is 15.6. The number of nitrogens with one attached hydrogen (secondary N) is 1. The highest BCUT2D eigenvalue weighted by Crippen LogP contribution is 2.28. The molecule has 2 aliphatic heterocycles. The van der Waals surface area contributed by atoms with Crippen molar-refractivity contribution >= 4 is 23.2 Å². The predicted molar refractivity (Wildman–Crippen MR) is 107 cm³/mol. The standard InChI is InChI=1S/C22H25N3O2/c1-16-6-4-8-18(14-16)23-22(27)20-10-5-12-24(20)15-21(26)25-13-11-17-7-2-3-9-19(17)25/h2-4,6-9,14,20H,5,10-13,15H2,1H3,(H,23,27)/t20-/m1/s1. The topological polar surface area (TPSA) is 52.7 Å². The van der Waals surface area contributed by atoms with Crippen LogP contribution >= 0.6 is 0 Å². The van der Waals surface area contributed by atoms with Crippen LogP contribution in [-0.2, 0) is 16.0 Å². The molecule has 1 N–H and O–H groups in total. The second-order valence-corrected chi connectivity index (χ2v) is 7.41. The highest BCUT2D eigenvalue weighted by atomic mass is 16.2. The molecule has 0 bridgehead atoms. The van der Waals surface area contributed by atoms with Crippen LogP contribution in [0.3, 0.4) is 0 Å². The number of hydrogen-bond donors (Lipinski definition) is 1. The molecule has 1 atom stereocenters. The van der Waals surface area contributed by atoms with Crippen molar-refractivity contribution in [1.29, 1.82) is 0 Å². The lowest BCUT2D eigenvalue weighted by atomic mass is 10.1. The minimum atomic E-state index is -0.243. The summed E-state index contributed by atoms with van der Waals surface area (Å²) in [5, 5.41) is 3.01. The summed E-state index contributed by atoms with van der Waals surface area (Å²) in [5.74, 6) is 0.0583. The zero-order chi connectivity index (χ0) is 18.8. The lowest BCUT2D eigenvalue weighted by molar-refractivity contribution is -0.123. The first kappa shape index (κ1) is 17.7. The molecule has 2 aliphatic rings. The molecule has 0 spiro atoms. The molecule has 0 radical (unpaired) electrons. The monoisotopic (exact) mass is 363 g/mol. The van der Waals surface area contributed by atoms with E-state index in [1.807, 2.05) is 59.2 Å². The number of hydrogen-bond acceptors (Lipinski definition) is 3. The Morgan fingerprint density at radius 1 is 1.11 bits per heavy atom. The molecule has 2 aromatic carbocycles. The zero-order valence-electron chi connectivity index (χ0n) is 15.6. The Bertz CT molecular complexity index is 864. The van der Waals surface area contributed by atoms with Crippen molar-refractivity contribution in [2.24, 2.45) is 0 Å². The van der Waals surface area contributed by atoms with Gasteiger partial charge in [0.2, 0.25) is 11.8 Å². The van der Waals surface area contributed by atoms with Crippen molar-refractivity contribution in [2.75, 3.05) is 29.9 Å². The van der Waals surface area contributed by atoms with Gasteiger partial charge in [0, 0.05) is 17.9 Å². The van der Waals surface area contributed by atoms with E-state index in [1.54, 1.807) is 0 Å². The first-order valence-corrected chi connectivity index (χ1v) is 9.62. The Kier molecular flexibility index (Phi) is 4.94. The molecule has 5 nitrogen and oxygen atoms in total. The summed E-state index contributed by atoms with van der Waals surface area (Å²) in [4.78, 5) is 29.5. The van der Waals surface area contributed by atoms with Crippen LogP contribution in [0, 0.1) is 6.92 Å². The van der Waals surface area contributed by atoms with E-state index in [2.05, 4.69) is 11.4 Å². The van der Waals surface area contributed by atoms with Gasteiger partial charge in [0.15, 0.2) is 0 Å². The minimum Gasteiger partial charge on any atom is -0.325 e. The first-order valence-electron chi connectivity index (χ1n) is 9.62. The van der Waals surface area contributed by atoms with Gasteiger partial charge < -0.3 is 10.2 Å². The zero-order valence-corrected chi connectivity index (χ0v) is 15.6. The van der Waals surface area contributed by atoms with Crippen molar-refractivity contribution in [3.05, 3.63) is 59.7 Å². The molecule has 0 unspecified atom stereocenters. The number of rotatable bonds is 4. The summed E-state index contributed by atoms with van der Waals surface area (Å²) >= 11 is 0. The largest absolute Gasteiger partial charge is 0.325 e. The quantitative estimate of drug-likeness (QED) is 0.909. The van der Waals surface area contributed by atoms with Gasteiger partial charge in [-0.2, -0.15) is 0 Å². The third kappa shape index (κ3) is 3.74. The van der Waals surface area contributed by atoms with Gasteiger partial charge in [0.1, 0.15) is 0 Å². The van der Waals surface area contributed by atoms with E-state index >= 15 is 0 Å². The van der Waals surface area contributed by atoms with E-state index in [0.29, 0.717) is 6.54 Å². The molecule has 2 amide bonds. The third-order valence-electron chi connectivity index (χ3n) is 5.48. The maximum absolute atomic E-state index is 12.9. The normalized spacial score (nSPS) is 19.1. The van der Waals surface area contributed by atoms with Crippen LogP contribution in [0.25, 0.3) is 0 Å². The molecule has 5 heteroatoms. The number of likely N-dealkylation sites (tertiary alicyclic amines) is 1. The van der Waals surface area contributed by atoms with Crippen LogP contribution in [-0.4, -0.2) is 42.4 Å². The molecule has 2 heterocycles. The summed E-state index contributed by atoms with van der Waals surface area (Å²) in [7, 11) is 0. The van der Waals surface area contributed by atoms with Gasteiger partial charge in [0.05, 0.1) is 12.6 Å². The lowest BCUT2D eigenvalue weighted by Gasteiger charge is -2.26. The molecule has 27 heavy (non-hydrogen) atoms. The average molecular weight is 363 g/mol. The predicted octanol–water partition coefficient (Wildman–Crippen LogP) is 2.99. The SMILES string of the molecule is Cc1cccc(NC(=O)[C@H]2CCCN2CC(=O)N2CCc3ccccc32)c1. The van der Waals surface area contributed by atoms with Crippen LogP contribution in [0.1, 0.15) is 24.0 Å². The van der Waals surface area contributed by atoms with Crippen molar-refractivity contribution in [2.45, 2.75) is 32.2 Å². The van der Waals surface area contributed by atoms with E-state index in [0.717, 1.165) is 49.3 Å². The van der Waals surface area contributed by atoms with Gasteiger partial charge in [-0.15, -0.1) is 0 Å².